The first kappa shape index (κ1) is 12.9. The maximum atomic E-state index is 13.0. The summed E-state index contributed by atoms with van der Waals surface area (Å²) in [6.07, 6.45) is 2.06. The molecule has 0 aliphatic carbocycles. The summed E-state index contributed by atoms with van der Waals surface area (Å²) in [5.74, 6) is -0.233. The Balaban J connectivity index is 1.96. The molecule has 3 rings (SSSR count). The average Bonchev–Trinajstić information content (AvgIpc) is 2.48. The van der Waals surface area contributed by atoms with Crippen molar-refractivity contribution < 1.29 is 4.39 Å². The van der Waals surface area contributed by atoms with Crippen LogP contribution in [-0.2, 0) is 0 Å². The molecule has 2 nitrogen and oxygen atoms in total. The Kier molecular flexibility index (Phi) is 3.56. The van der Waals surface area contributed by atoms with Gasteiger partial charge in [-0.2, -0.15) is 0 Å². The van der Waals surface area contributed by atoms with Gasteiger partial charge in [-0.1, -0.05) is 54.2 Å². The van der Waals surface area contributed by atoms with Crippen molar-refractivity contribution in [2.75, 3.05) is 0 Å². The van der Waals surface area contributed by atoms with Crippen molar-refractivity contribution in [2.24, 2.45) is 10.7 Å². The first-order valence-corrected chi connectivity index (χ1v) is 7.14. The Morgan fingerprint density at radius 3 is 2.40 bits per heavy atom. The molecule has 0 bridgehead atoms. The van der Waals surface area contributed by atoms with Gasteiger partial charge < -0.3 is 5.73 Å². The van der Waals surface area contributed by atoms with Crippen molar-refractivity contribution in [3.8, 4) is 0 Å². The van der Waals surface area contributed by atoms with Gasteiger partial charge in [-0.15, -0.1) is 0 Å². The zero-order chi connectivity index (χ0) is 13.9. The summed E-state index contributed by atoms with van der Waals surface area (Å²) in [7, 11) is 0. The number of thioether (sulfide) groups is 1. The lowest BCUT2D eigenvalue weighted by Gasteiger charge is -2.19. The highest BCUT2D eigenvalue weighted by Crippen LogP contribution is 2.37. The maximum absolute atomic E-state index is 13.0. The predicted octanol–water partition coefficient (Wildman–Crippen LogP) is 3.97. The topological polar surface area (TPSA) is 38.4 Å². The van der Waals surface area contributed by atoms with Crippen LogP contribution in [0.25, 0.3) is 5.70 Å². The van der Waals surface area contributed by atoms with Gasteiger partial charge in [0.05, 0.1) is 10.9 Å². The fraction of sp³-hybridized carbons (Fsp3) is 0.0625. The van der Waals surface area contributed by atoms with Crippen LogP contribution in [0, 0.1) is 5.82 Å². The third kappa shape index (κ3) is 2.75. The molecule has 1 heterocycles. The summed E-state index contributed by atoms with van der Waals surface area (Å²) in [6, 6.07) is 16.4. The number of aliphatic imine (C=N–C) groups is 1. The molecule has 1 atom stereocenters. The van der Waals surface area contributed by atoms with Crippen LogP contribution in [0.4, 0.5) is 4.39 Å². The van der Waals surface area contributed by atoms with Crippen molar-refractivity contribution in [2.45, 2.75) is 5.25 Å². The summed E-state index contributed by atoms with van der Waals surface area (Å²) in [5.41, 5.74) is 8.82. The van der Waals surface area contributed by atoms with Crippen LogP contribution in [-0.4, -0.2) is 5.17 Å². The summed E-state index contributed by atoms with van der Waals surface area (Å²) in [5, 5.41) is 0.587. The fourth-order valence-corrected chi connectivity index (χ4v) is 2.98. The van der Waals surface area contributed by atoms with E-state index in [-0.39, 0.29) is 11.1 Å². The minimum absolute atomic E-state index is 0.0586. The minimum Gasteiger partial charge on any atom is -0.378 e. The Morgan fingerprint density at radius 2 is 1.70 bits per heavy atom. The van der Waals surface area contributed by atoms with E-state index in [9.17, 15) is 4.39 Å². The minimum atomic E-state index is -0.233. The summed E-state index contributed by atoms with van der Waals surface area (Å²) in [4.78, 5) is 4.39. The van der Waals surface area contributed by atoms with Gasteiger partial charge in [-0.05, 0) is 29.3 Å². The van der Waals surface area contributed by atoms with Crippen LogP contribution in [0.3, 0.4) is 0 Å². The van der Waals surface area contributed by atoms with Gasteiger partial charge in [0.15, 0.2) is 5.17 Å². The van der Waals surface area contributed by atoms with Crippen LogP contribution in [0.15, 0.2) is 65.7 Å². The molecule has 0 radical (unpaired) electrons. The van der Waals surface area contributed by atoms with Gasteiger partial charge in [-0.25, -0.2) is 9.38 Å². The van der Waals surface area contributed by atoms with Gasteiger partial charge in [0.1, 0.15) is 5.82 Å². The number of hydrogen-bond donors (Lipinski definition) is 1. The Morgan fingerprint density at radius 1 is 1.00 bits per heavy atom. The second-order valence-corrected chi connectivity index (χ2v) is 5.62. The average molecular weight is 284 g/mol. The molecule has 0 aromatic heterocycles. The van der Waals surface area contributed by atoms with Gasteiger partial charge >= 0.3 is 0 Å². The largest absolute Gasteiger partial charge is 0.378 e. The fourth-order valence-electron chi connectivity index (χ4n) is 2.08. The second-order valence-electron chi connectivity index (χ2n) is 4.46. The highest BCUT2D eigenvalue weighted by atomic mass is 32.2. The lowest BCUT2D eigenvalue weighted by molar-refractivity contribution is 0.627. The lowest BCUT2D eigenvalue weighted by Crippen LogP contribution is -2.12. The zero-order valence-electron chi connectivity index (χ0n) is 10.7. The molecule has 0 unspecified atom stereocenters. The smallest absolute Gasteiger partial charge is 0.160 e. The van der Waals surface area contributed by atoms with E-state index in [0.29, 0.717) is 5.17 Å². The van der Waals surface area contributed by atoms with E-state index in [1.54, 1.807) is 12.1 Å². The normalized spacial score (nSPS) is 18.4. The zero-order valence-corrected chi connectivity index (χ0v) is 11.5. The molecule has 1 aliphatic heterocycles. The Labute approximate surface area is 121 Å². The molecule has 0 amide bonds. The van der Waals surface area contributed by atoms with E-state index < -0.39 is 0 Å². The molecule has 2 aromatic carbocycles. The monoisotopic (exact) mass is 284 g/mol. The predicted molar refractivity (Wildman–Crippen MR) is 82.8 cm³/mol. The quantitative estimate of drug-likeness (QED) is 0.906. The molecule has 0 fully saturated rings. The molecule has 0 saturated heterocycles. The molecule has 0 saturated carbocycles. The van der Waals surface area contributed by atoms with Crippen molar-refractivity contribution in [3.05, 3.63) is 77.6 Å². The van der Waals surface area contributed by atoms with Gasteiger partial charge in [0.25, 0.3) is 0 Å². The van der Waals surface area contributed by atoms with Crippen LogP contribution in [0.2, 0.25) is 0 Å². The van der Waals surface area contributed by atoms with Crippen molar-refractivity contribution in [1.82, 2.24) is 0 Å². The maximum Gasteiger partial charge on any atom is 0.160 e. The van der Waals surface area contributed by atoms with E-state index in [1.807, 2.05) is 30.3 Å². The standard InChI is InChI=1S/C16H13FN2S/c17-13-8-6-12(7-9-13)15-10-14(19-16(18)20-15)11-4-2-1-3-5-11/h1-10,15H,(H2,18,19)/t15-/m1/s1. The third-order valence-electron chi connectivity index (χ3n) is 3.06. The molecule has 2 N–H and O–H groups in total. The molecule has 1 aliphatic rings. The van der Waals surface area contributed by atoms with E-state index in [0.717, 1.165) is 16.8 Å². The second kappa shape index (κ2) is 5.51. The molecule has 20 heavy (non-hydrogen) atoms. The number of benzene rings is 2. The van der Waals surface area contributed by atoms with Gasteiger partial charge in [-0.3, -0.25) is 0 Å². The number of amidine groups is 1. The highest BCUT2D eigenvalue weighted by Gasteiger charge is 2.18. The van der Waals surface area contributed by atoms with Crippen LogP contribution in [0.1, 0.15) is 16.4 Å². The van der Waals surface area contributed by atoms with Crippen LogP contribution in [0.5, 0.6) is 0 Å². The first-order chi connectivity index (χ1) is 9.72. The first-order valence-electron chi connectivity index (χ1n) is 6.26. The molecule has 0 spiro atoms. The summed E-state index contributed by atoms with van der Waals surface area (Å²) in [6.45, 7) is 0. The molecule has 4 heteroatoms. The van der Waals surface area contributed by atoms with E-state index in [4.69, 9.17) is 5.73 Å². The van der Waals surface area contributed by atoms with Gasteiger partial charge in [0, 0.05) is 0 Å². The summed E-state index contributed by atoms with van der Waals surface area (Å²) >= 11 is 1.47. The third-order valence-corrected chi connectivity index (χ3v) is 4.05. The SMILES string of the molecule is NC1=NC(c2ccccc2)=C[C@H](c2ccc(F)cc2)S1. The van der Waals surface area contributed by atoms with Crippen molar-refractivity contribution in [3.63, 3.8) is 0 Å². The Bertz CT molecular complexity index is 663. The van der Waals surface area contributed by atoms with Crippen molar-refractivity contribution >= 4 is 22.6 Å². The number of nitrogens with two attached hydrogens (primary N) is 1. The highest BCUT2D eigenvalue weighted by molar-refractivity contribution is 8.14. The van der Waals surface area contributed by atoms with Crippen LogP contribution >= 0.6 is 11.8 Å². The van der Waals surface area contributed by atoms with Crippen LogP contribution < -0.4 is 5.73 Å². The van der Waals surface area contributed by atoms with Gasteiger partial charge in [0.2, 0.25) is 0 Å². The van der Waals surface area contributed by atoms with E-state index in [1.165, 1.54) is 23.9 Å². The number of hydrogen-bond acceptors (Lipinski definition) is 3. The number of halogens is 1. The Hall–Kier alpha value is -2.07. The van der Waals surface area contributed by atoms with Crippen molar-refractivity contribution in [1.29, 1.82) is 0 Å². The lowest BCUT2D eigenvalue weighted by atomic mass is 10.1. The van der Waals surface area contributed by atoms with E-state index in [2.05, 4.69) is 11.1 Å². The number of nitrogens with zero attached hydrogens (tertiary/aromatic N) is 1. The molecular formula is C16H13FN2S. The van der Waals surface area contributed by atoms with E-state index >= 15 is 0 Å². The summed E-state index contributed by atoms with van der Waals surface area (Å²) < 4.78 is 13.0. The molecule has 2 aromatic rings. The molecular weight excluding hydrogens is 271 g/mol. The number of rotatable bonds is 2. The molecule has 100 valence electrons.